The van der Waals surface area contributed by atoms with E-state index >= 15 is 0 Å². The van der Waals surface area contributed by atoms with Gasteiger partial charge in [0, 0.05) is 24.7 Å². The Balaban J connectivity index is 1.51. The van der Waals surface area contributed by atoms with E-state index in [4.69, 9.17) is 21.1 Å². The Morgan fingerprint density at radius 1 is 1.42 bits per heavy atom. The fourth-order valence-electron chi connectivity index (χ4n) is 3.30. The SMILES string of the molecule is O=C(NCc1ccc(Cl)cc1)[C@@H]1C[C@@H](O)CN1C(O)CO[C@H]1CCOC1. The zero-order valence-corrected chi connectivity index (χ0v) is 15.3. The fraction of sp³-hybridized carbons (Fsp3) is 0.611. The number of nitrogens with one attached hydrogen (secondary N) is 1. The molecule has 3 N–H and O–H groups in total. The highest BCUT2D eigenvalue weighted by molar-refractivity contribution is 6.30. The Kier molecular flexibility index (Phi) is 6.86. The second-order valence-electron chi connectivity index (χ2n) is 6.75. The number of β-amino-alcohol motifs (C(OH)–C–C–N with tert-alkyl or cyclic N) is 1. The van der Waals surface area contributed by atoms with E-state index in [0.29, 0.717) is 24.8 Å². The van der Waals surface area contributed by atoms with Gasteiger partial charge in [-0.25, -0.2) is 0 Å². The van der Waals surface area contributed by atoms with Gasteiger partial charge in [-0.1, -0.05) is 23.7 Å². The minimum Gasteiger partial charge on any atom is -0.392 e. The number of aliphatic hydroxyl groups is 2. The lowest BCUT2D eigenvalue weighted by Gasteiger charge is -2.29. The number of hydrogen-bond acceptors (Lipinski definition) is 6. The summed E-state index contributed by atoms with van der Waals surface area (Å²) >= 11 is 5.86. The van der Waals surface area contributed by atoms with Gasteiger partial charge in [0.1, 0.15) is 6.23 Å². The summed E-state index contributed by atoms with van der Waals surface area (Å²) in [7, 11) is 0. The lowest BCUT2D eigenvalue weighted by atomic mass is 10.1. The highest BCUT2D eigenvalue weighted by Gasteiger charge is 2.39. The lowest BCUT2D eigenvalue weighted by Crippen LogP contribution is -2.49. The highest BCUT2D eigenvalue weighted by Crippen LogP contribution is 2.21. The predicted molar refractivity (Wildman–Crippen MR) is 95.6 cm³/mol. The summed E-state index contributed by atoms with van der Waals surface area (Å²) in [4.78, 5) is 14.1. The average Bonchev–Trinajstić information content (AvgIpc) is 3.28. The van der Waals surface area contributed by atoms with Crippen LogP contribution in [-0.4, -0.2) is 71.9 Å². The number of amides is 1. The summed E-state index contributed by atoms with van der Waals surface area (Å²) in [5.41, 5.74) is 0.929. The summed E-state index contributed by atoms with van der Waals surface area (Å²) in [6.45, 7) is 1.88. The van der Waals surface area contributed by atoms with Gasteiger partial charge in [-0.3, -0.25) is 9.69 Å². The molecular formula is C18H25ClN2O5. The number of carbonyl (C=O) groups is 1. The van der Waals surface area contributed by atoms with Crippen molar-refractivity contribution in [3.8, 4) is 0 Å². The molecule has 7 nitrogen and oxygen atoms in total. The topological polar surface area (TPSA) is 91.3 Å². The molecule has 8 heteroatoms. The third kappa shape index (κ3) is 5.16. The molecule has 0 spiro atoms. The van der Waals surface area contributed by atoms with E-state index in [9.17, 15) is 15.0 Å². The predicted octanol–water partition coefficient (Wildman–Crippen LogP) is 0.515. The second-order valence-corrected chi connectivity index (χ2v) is 7.18. The van der Waals surface area contributed by atoms with Crippen molar-refractivity contribution in [2.45, 2.75) is 43.9 Å². The van der Waals surface area contributed by atoms with Crippen molar-refractivity contribution in [3.05, 3.63) is 34.9 Å². The number of nitrogens with zero attached hydrogens (tertiary/aromatic N) is 1. The van der Waals surface area contributed by atoms with Gasteiger partial charge < -0.3 is 25.0 Å². The van der Waals surface area contributed by atoms with Crippen molar-refractivity contribution in [3.63, 3.8) is 0 Å². The molecule has 2 heterocycles. The molecule has 1 aromatic carbocycles. The van der Waals surface area contributed by atoms with Crippen LogP contribution in [0.5, 0.6) is 0 Å². The van der Waals surface area contributed by atoms with Gasteiger partial charge in [0.25, 0.3) is 0 Å². The molecule has 1 aromatic rings. The van der Waals surface area contributed by atoms with Crippen molar-refractivity contribution in [2.75, 3.05) is 26.4 Å². The first-order valence-electron chi connectivity index (χ1n) is 8.86. The van der Waals surface area contributed by atoms with E-state index in [1.807, 2.05) is 12.1 Å². The molecule has 0 aliphatic carbocycles. The molecule has 4 atom stereocenters. The van der Waals surface area contributed by atoms with Crippen LogP contribution in [0.1, 0.15) is 18.4 Å². The highest BCUT2D eigenvalue weighted by atomic mass is 35.5. The summed E-state index contributed by atoms with van der Waals surface area (Å²) in [6, 6.07) is 6.63. The van der Waals surface area contributed by atoms with Crippen molar-refractivity contribution in [2.24, 2.45) is 0 Å². The third-order valence-electron chi connectivity index (χ3n) is 4.75. The summed E-state index contributed by atoms with van der Waals surface area (Å²) in [6.07, 6.45) is -0.518. The zero-order chi connectivity index (χ0) is 18.5. The van der Waals surface area contributed by atoms with Crippen LogP contribution in [0.15, 0.2) is 24.3 Å². The normalized spacial score (nSPS) is 27.6. The van der Waals surface area contributed by atoms with Gasteiger partial charge in [0.15, 0.2) is 0 Å². The van der Waals surface area contributed by atoms with Crippen LogP contribution in [-0.2, 0) is 20.8 Å². The Morgan fingerprint density at radius 3 is 2.88 bits per heavy atom. The number of ether oxygens (including phenoxy) is 2. The maximum absolute atomic E-state index is 12.5. The summed E-state index contributed by atoms with van der Waals surface area (Å²) in [5.74, 6) is -0.222. The first-order valence-corrected chi connectivity index (χ1v) is 9.24. The van der Waals surface area contributed by atoms with Crippen LogP contribution >= 0.6 is 11.6 Å². The number of rotatable bonds is 7. The Labute approximate surface area is 157 Å². The molecule has 144 valence electrons. The van der Waals surface area contributed by atoms with Crippen molar-refractivity contribution in [1.29, 1.82) is 0 Å². The molecule has 26 heavy (non-hydrogen) atoms. The first kappa shape index (κ1) is 19.5. The van der Waals surface area contributed by atoms with E-state index in [0.717, 1.165) is 12.0 Å². The molecule has 2 aliphatic heterocycles. The molecule has 0 radical (unpaired) electrons. The average molecular weight is 385 g/mol. The number of likely N-dealkylation sites (tertiary alicyclic amines) is 1. The number of aliphatic hydroxyl groups excluding tert-OH is 2. The maximum Gasteiger partial charge on any atom is 0.237 e. The number of benzene rings is 1. The molecule has 2 aliphatic rings. The molecule has 3 rings (SSSR count). The second kappa shape index (κ2) is 9.12. The minimum absolute atomic E-state index is 0.0191. The van der Waals surface area contributed by atoms with E-state index in [2.05, 4.69) is 5.32 Å². The number of hydrogen-bond donors (Lipinski definition) is 3. The molecule has 2 fully saturated rings. The van der Waals surface area contributed by atoms with Crippen LogP contribution < -0.4 is 5.32 Å². The Hall–Kier alpha value is -1.22. The van der Waals surface area contributed by atoms with Crippen LogP contribution in [0.4, 0.5) is 0 Å². The van der Waals surface area contributed by atoms with Gasteiger partial charge >= 0.3 is 0 Å². The number of halogens is 1. The third-order valence-corrected chi connectivity index (χ3v) is 5.00. The van der Waals surface area contributed by atoms with Crippen LogP contribution in [0.2, 0.25) is 5.02 Å². The molecule has 0 bridgehead atoms. The standard InChI is InChI=1S/C18H25ClN2O5/c19-13-3-1-12(2-4-13)8-20-18(24)16-7-14(22)9-21(16)17(23)11-26-15-5-6-25-10-15/h1-4,14-17,22-23H,5-11H2,(H,20,24)/t14-,15+,16+,17?/m1/s1. The smallest absolute Gasteiger partial charge is 0.237 e. The van der Waals surface area contributed by atoms with E-state index < -0.39 is 18.4 Å². The van der Waals surface area contributed by atoms with Crippen LogP contribution in [0.25, 0.3) is 0 Å². The van der Waals surface area contributed by atoms with Gasteiger partial charge in [0.05, 0.1) is 31.5 Å². The van der Waals surface area contributed by atoms with E-state index in [-0.39, 0.29) is 31.6 Å². The lowest BCUT2D eigenvalue weighted by molar-refractivity contribution is -0.133. The van der Waals surface area contributed by atoms with Gasteiger partial charge in [-0.15, -0.1) is 0 Å². The summed E-state index contributed by atoms with van der Waals surface area (Å²) in [5, 5.41) is 23.9. The molecule has 1 unspecified atom stereocenters. The Morgan fingerprint density at radius 2 is 2.19 bits per heavy atom. The van der Waals surface area contributed by atoms with Crippen molar-refractivity contribution >= 4 is 17.5 Å². The van der Waals surface area contributed by atoms with E-state index in [1.54, 1.807) is 17.0 Å². The minimum atomic E-state index is -0.945. The molecule has 0 saturated carbocycles. The zero-order valence-electron chi connectivity index (χ0n) is 14.5. The van der Waals surface area contributed by atoms with Crippen LogP contribution in [0.3, 0.4) is 0 Å². The largest absolute Gasteiger partial charge is 0.392 e. The fourth-order valence-corrected chi connectivity index (χ4v) is 3.42. The Bertz CT molecular complexity index is 594. The van der Waals surface area contributed by atoms with Gasteiger partial charge in [0.2, 0.25) is 5.91 Å². The maximum atomic E-state index is 12.5. The first-order chi connectivity index (χ1) is 12.5. The molecule has 2 saturated heterocycles. The van der Waals surface area contributed by atoms with E-state index in [1.165, 1.54) is 0 Å². The number of carbonyl (C=O) groups excluding carboxylic acids is 1. The van der Waals surface area contributed by atoms with Crippen molar-refractivity contribution in [1.82, 2.24) is 10.2 Å². The molecule has 1 amide bonds. The summed E-state index contributed by atoms with van der Waals surface area (Å²) < 4.78 is 10.9. The monoisotopic (exact) mass is 384 g/mol. The quantitative estimate of drug-likeness (QED) is 0.634. The van der Waals surface area contributed by atoms with Crippen LogP contribution in [0, 0.1) is 0 Å². The van der Waals surface area contributed by atoms with Gasteiger partial charge in [-0.2, -0.15) is 0 Å². The molecule has 0 aromatic heterocycles. The van der Waals surface area contributed by atoms with Crippen molar-refractivity contribution < 1.29 is 24.5 Å². The molecular weight excluding hydrogens is 360 g/mol. The van der Waals surface area contributed by atoms with Gasteiger partial charge in [-0.05, 0) is 30.5 Å².